The Labute approximate surface area is 119 Å². The van der Waals surface area contributed by atoms with Gasteiger partial charge in [0.25, 0.3) is 5.91 Å². The molecule has 1 fully saturated rings. The number of β-amino-alcohol motifs (C(OH)–C–C–N with tert-alkyl or cyclic N) is 1. The van der Waals surface area contributed by atoms with Crippen LogP contribution in [0.5, 0.6) is 0 Å². The first-order chi connectivity index (χ1) is 8.77. The van der Waals surface area contributed by atoms with E-state index in [0.29, 0.717) is 5.75 Å². The normalized spacial score (nSPS) is 20.3. The van der Waals surface area contributed by atoms with E-state index in [0.717, 1.165) is 4.90 Å². The van der Waals surface area contributed by atoms with Gasteiger partial charge in [0.15, 0.2) is 0 Å². The molecule has 1 saturated heterocycles. The van der Waals surface area contributed by atoms with Gasteiger partial charge in [0.05, 0.1) is 12.6 Å². The molecule has 0 unspecified atom stereocenters. The van der Waals surface area contributed by atoms with Crippen molar-refractivity contribution in [3.05, 3.63) is 0 Å². The second kappa shape index (κ2) is 6.13. The molecule has 2 N–H and O–H groups in total. The zero-order valence-electron chi connectivity index (χ0n) is 12.3. The first kappa shape index (κ1) is 16.3. The highest BCUT2D eigenvalue weighted by Gasteiger charge is 2.55. The molecule has 1 rings (SSSR count). The van der Waals surface area contributed by atoms with Gasteiger partial charge in [0, 0.05) is 5.75 Å². The predicted molar refractivity (Wildman–Crippen MR) is 77.0 cm³/mol. The molecular formula is C13H24N2O3S. The largest absolute Gasteiger partial charge is 0.390 e. The first-order valence-electron chi connectivity index (χ1n) is 6.58. The number of rotatable bonds is 6. The summed E-state index contributed by atoms with van der Waals surface area (Å²) in [4.78, 5) is 25.8. The number of imide groups is 1. The van der Waals surface area contributed by atoms with Gasteiger partial charge in [0.2, 0.25) is 0 Å². The molecule has 0 aliphatic carbocycles. The van der Waals surface area contributed by atoms with Crippen molar-refractivity contribution in [2.45, 2.75) is 39.3 Å². The molecule has 19 heavy (non-hydrogen) atoms. The highest BCUT2D eigenvalue weighted by Crippen LogP contribution is 2.33. The lowest BCUT2D eigenvalue weighted by molar-refractivity contribution is -0.135. The molecule has 0 spiro atoms. The molecule has 1 aliphatic heterocycles. The number of aliphatic hydroxyl groups is 1. The van der Waals surface area contributed by atoms with E-state index in [-0.39, 0.29) is 24.3 Å². The zero-order chi connectivity index (χ0) is 14.8. The Balaban J connectivity index is 2.94. The third-order valence-electron chi connectivity index (χ3n) is 3.73. The molecule has 1 heterocycles. The lowest BCUT2D eigenvalue weighted by Crippen LogP contribution is -2.55. The van der Waals surface area contributed by atoms with Crippen LogP contribution in [0.3, 0.4) is 0 Å². The van der Waals surface area contributed by atoms with E-state index in [1.54, 1.807) is 0 Å². The number of carbonyl (C=O) groups excluding carboxylic acids is 2. The number of aliphatic hydroxyl groups excluding tert-OH is 1. The highest BCUT2D eigenvalue weighted by molar-refractivity contribution is 7.98. The summed E-state index contributed by atoms with van der Waals surface area (Å²) in [7, 11) is 0. The quantitative estimate of drug-likeness (QED) is 0.723. The molecule has 0 aromatic heterocycles. The van der Waals surface area contributed by atoms with Gasteiger partial charge in [-0.05, 0) is 18.1 Å². The Hall–Kier alpha value is -0.750. The van der Waals surface area contributed by atoms with Gasteiger partial charge in [-0.25, -0.2) is 4.79 Å². The minimum Gasteiger partial charge on any atom is -0.390 e. The summed E-state index contributed by atoms with van der Waals surface area (Å²) in [6, 6.07) is -0.396. The predicted octanol–water partition coefficient (Wildman–Crippen LogP) is 1.31. The monoisotopic (exact) mass is 288 g/mol. The van der Waals surface area contributed by atoms with E-state index in [1.165, 1.54) is 11.8 Å². The number of thioether (sulfide) groups is 1. The fourth-order valence-electron chi connectivity index (χ4n) is 2.68. The fraction of sp³-hybridized carbons (Fsp3) is 0.846. The number of nitrogens with zero attached hydrogens (tertiary/aromatic N) is 1. The van der Waals surface area contributed by atoms with Crippen LogP contribution in [0.2, 0.25) is 0 Å². The summed E-state index contributed by atoms with van der Waals surface area (Å²) in [6.45, 7) is 7.78. The summed E-state index contributed by atoms with van der Waals surface area (Å²) in [6.07, 6.45) is 1.20. The zero-order valence-corrected chi connectivity index (χ0v) is 13.1. The Bertz CT molecular complexity index is 350. The molecule has 5 nitrogen and oxygen atoms in total. The smallest absolute Gasteiger partial charge is 0.325 e. The average Bonchev–Trinajstić information content (AvgIpc) is 2.54. The second-order valence-electron chi connectivity index (χ2n) is 5.63. The number of nitrogens with one attached hydrogen (secondary N) is 1. The van der Waals surface area contributed by atoms with Crippen LogP contribution in [0.25, 0.3) is 0 Å². The van der Waals surface area contributed by atoms with Crippen molar-refractivity contribution in [3.8, 4) is 0 Å². The lowest BCUT2D eigenvalue weighted by atomic mass is 9.77. The van der Waals surface area contributed by atoms with E-state index in [2.05, 4.69) is 5.32 Å². The molecule has 0 bridgehead atoms. The Morgan fingerprint density at radius 1 is 1.26 bits per heavy atom. The second-order valence-corrected chi connectivity index (χ2v) is 6.54. The van der Waals surface area contributed by atoms with E-state index in [9.17, 15) is 14.7 Å². The molecule has 110 valence electrons. The van der Waals surface area contributed by atoms with Gasteiger partial charge < -0.3 is 10.4 Å². The average molecular weight is 288 g/mol. The summed E-state index contributed by atoms with van der Waals surface area (Å²) >= 11 is 1.49. The van der Waals surface area contributed by atoms with Gasteiger partial charge in [-0.2, -0.15) is 11.8 Å². The van der Waals surface area contributed by atoms with E-state index < -0.39 is 17.7 Å². The summed E-state index contributed by atoms with van der Waals surface area (Å²) < 4.78 is 0. The van der Waals surface area contributed by atoms with Crippen molar-refractivity contribution < 1.29 is 14.7 Å². The van der Waals surface area contributed by atoms with Crippen LogP contribution < -0.4 is 5.32 Å². The lowest BCUT2D eigenvalue weighted by Gasteiger charge is -2.34. The standard InChI is InChI=1S/C13H24N2O3S/c1-8(2)13(9(3)4)11(17)15(12(18)14-13)6-10(16)7-19-5/h8-10,16H,6-7H2,1-5H3,(H,14,18)/t10-/m1/s1. The van der Waals surface area contributed by atoms with Crippen molar-refractivity contribution >= 4 is 23.7 Å². The van der Waals surface area contributed by atoms with E-state index in [4.69, 9.17) is 0 Å². The number of hydrogen-bond acceptors (Lipinski definition) is 4. The van der Waals surface area contributed by atoms with Gasteiger partial charge in [0.1, 0.15) is 5.54 Å². The summed E-state index contributed by atoms with van der Waals surface area (Å²) in [5, 5.41) is 12.6. The molecule has 0 radical (unpaired) electrons. The Kier molecular flexibility index (Phi) is 5.26. The van der Waals surface area contributed by atoms with Gasteiger partial charge in [-0.15, -0.1) is 0 Å². The SMILES string of the molecule is CSC[C@H](O)CN1C(=O)NC(C(C)C)(C(C)C)C1=O. The summed E-state index contributed by atoms with van der Waals surface area (Å²) in [5.41, 5.74) is -0.851. The van der Waals surface area contributed by atoms with Crippen molar-refractivity contribution in [2.24, 2.45) is 11.8 Å². The summed E-state index contributed by atoms with van der Waals surface area (Å²) in [5.74, 6) is 0.300. The van der Waals surface area contributed by atoms with Crippen LogP contribution in [-0.4, -0.2) is 52.1 Å². The van der Waals surface area contributed by atoms with Crippen molar-refractivity contribution in [2.75, 3.05) is 18.6 Å². The molecule has 1 atom stereocenters. The fourth-order valence-corrected chi connectivity index (χ4v) is 3.17. The molecule has 3 amide bonds. The Morgan fingerprint density at radius 3 is 2.16 bits per heavy atom. The topological polar surface area (TPSA) is 69.6 Å². The molecule has 0 aromatic rings. The van der Waals surface area contributed by atoms with Gasteiger partial charge in [-0.1, -0.05) is 27.7 Å². The van der Waals surface area contributed by atoms with Crippen molar-refractivity contribution in [1.82, 2.24) is 10.2 Å². The van der Waals surface area contributed by atoms with Crippen LogP contribution in [0.1, 0.15) is 27.7 Å². The molecule has 0 saturated carbocycles. The van der Waals surface area contributed by atoms with Crippen LogP contribution >= 0.6 is 11.8 Å². The van der Waals surface area contributed by atoms with Crippen LogP contribution in [-0.2, 0) is 4.79 Å². The molecular weight excluding hydrogens is 264 g/mol. The number of hydrogen-bond donors (Lipinski definition) is 2. The van der Waals surface area contributed by atoms with Gasteiger partial charge in [-0.3, -0.25) is 9.69 Å². The molecule has 6 heteroatoms. The first-order valence-corrected chi connectivity index (χ1v) is 7.97. The van der Waals surface area contributed by atoms with E-state index in [1.807, 2.05) is 34.0 Å². The highest BCUT2D eigenvalue weighted by atomic mass is 32.2. The maximum absolute atomic E-state index is 12.6. The molecule has 1 aliphatic rings. The Morgan fingerprint density at radius 2 is 1.79 bits per heavy atom. The maximum atomic E-state index is 12.6. The third kappa shape index (κ3) is 2.89. The minimum atomic E-state index is -0.851. The van der Waals surface area contributed by atoms with Crippen molar-refractivity contribution in [3.63, 3.8) is 0 Å². The molecule has 0 aromatic carbocycles. The number of carbonyl (C=O) groups is 2. The third-order valence-corrected chi connectivity index (χ3v) is 4.45. The van der Waals surface area contributed by atoms with Crippen LogP contribution in [0.4, 0.5) is 4.79 Å². The van der Waals surface area contributed by atoms with Crippen LogP contribution in [0.15, 0.2) is 0 Å². The van der Waals surface area contributed by atoms with Gasteiger partial charge >= 0.3 is 6.03 Å². The maximum Gasteiger partial charge on any atom is 0.325 e. The number of urea groups is 1. The minimum absolute atomic E-state index is 0.00615. The number of amides is 3. The van der Waals surface area contributed by atoms with Crippen LogP contribution in [0, 0.1) is 11.8 Å². The van der Waals surface area contributed by atoms with Crippen molar-refractivity contribution in [1.29, 1.82) is 0 Å². The van der Waals surface area contributed by atoms with E-state index >= 15 is 0 Å².